The van der Waals surface area contributed by atoms with Crippen LogP contribution in [0.2, 0.25) is 0 Å². The predicted molar refractivity (Wildman–Crippen MR) is 47.8 cm³/mol. The molecule has 0 aliphatic heterocycles. The van der Waals surface area contributed by atoms with Crippen LogP contribution < -0.4 is 11.3 Å². The molecule has 1 aromatic rings. The Balaban J connectivity index is 3.23. The van der Waals surface area contributed by atoms with Crippen molar-refractivity contribution in [2.45, 2.75) is 12.8 Å². The Kier molecular flexibility index (Phi) is 3.03. The van der Waals surface area contributed by atoms with Gasteiger partial charge in [-0.1, -0.05) is 0 Å². The molecule has 0 radical (unpaired) electrons. The summed E-state index contributed by atoms with van der Waals surface area (Å²) in [7, 11) is 0. The molecular weight excluding hydrogens is 210 g/mol. The summed E-state index contributed by atoms with van der Waals surface area (Å²) in [5.41, 5.74) is 2.89. The number of halogens is 2. The van der Waals surface area contributed by atoms with Crippen molar-refractivity contribution in [3.05, 3.63) is 27.7 Å². The number of hydrogen-bond donors (Lipinski definition) is 3. The van der Waals surface area contributed by atoms with E-state index in [0.717, 1.165) is 6.07 Å². The second kappa shape index (κ2) is 4.07. The van der Waals surface area contributed by atoms with Crippen molar-refractivity contribution < 1.29 is 18.7 Å². The van der Waals surface area contributed by atoms with E-state index >= 15 is 0 Å². The fourth-order valence-corrected chi connectivity index (χ4v) is 1.08. The minimum Gasteiger partial charge on any atom is -0.481 e. The monoisotopic (exact) mass is 218 g/mol. The van der Waals surface area contributed by atoms with Crippen LogP contribution in [0.3, 0.4) is 0 Å². The first-order chi connectivity index (χ1) is 6.91. The highest BCUT2D eigenvalue weighted by Gasteiger charge is 2.16. The number of carbonyl (C=O) groups is 1. The van der Waals surface area contributed by atoms with E-state index in [4.69, 9.17) is 10.8 Å². The first-order valence-electron chi connectivity index (χ1n) is 3.93. The number of pyridine rings is 1. The van der Waals surface area contributed by atoms with E-state index in [9.17, 15) is 18.4 Å². The molecule has 0 aliphatic carbocycles. The zero-order valence-corrected chi connectivity index (χ0v) is 7.46. The fraction of sp³-hybridized carbons (Fsp3) is 0.250. The van der Waals surface area contributed by atoms with Crippen LogP contribution in [-0.2, 0) is 11.2 Å². The van der Waals surface area contributed by atoms with Crippen molar-refractivity contribution in [1.82, 2.24) is 4.98 Å². The summed E-state index contributed by atoms with van der Waals surface area (Å²) in [5, 5.41) is 8.42. The van der Waals surface area contributed by atoms with Crippen molar-refractivity contribution in [1.29, 1.82) is 0 Å². The van der Waals surface area contributed by atoms with Crippen LogP contribution in [0.15, 0.2) is 10.9 Å². The van der Waals surface area contributed by atoms with E-state index in [1.807, 2.05) is 0 Å². The van der Waals surface area contributed by atoms with Crippen LogP contribution in [-0.4, -0.2) is 16.1 Å². The quantitative estimate of drug-likeness (QED) is 0.689. The maximum Gasteiger partial charge on any atom is 0.309 e. The van der Waals surface area contributed by atoms with Crippen molar-refractivity contribution >= 4 is 11.7 Å². The average molecular weight is 218 g/mol. The predicted octanol–water partition coefficient (Wildman–Crippen LogP) is 0.522. The zero-order chi connectivity index (χ0) is 11.6. The number of anilines is 1. The summed E-state index contributed by atoms with van der Waals surface area (Å²) in [5.74, 6) is -1.23. The molecule has 0 amide bonds. The van der Waals surface area contributed by atoms with Gasteiger partial charge in [0.15, 0.2) is 0 Å². The number of aromatic nitrogens is 1. The third-order valence-electron chi connectivity index (χ3n) is 1.74. The number of nitrogens with two attached hydrogens (primary N) is 1. The molecule has 82 valence electrons. The molecule has 1 heterocycles. The maximum absolute atomic E-state index is 12.3. The number of nitrogens with one attached hydrogen (secondary N) is 1. The van der Waals surface area contributed by atoms with Crippen molar-refractivity contribution in [2.24, 2.45) is 0 Å². The molecule has 4 N–H and O–H groups in total. The summed E-state index contributed by atoms with van der Waals surface area (Å²) in [4.78, 5) is 23.5. The summed E-state index contributed by atoms with van der Waals surface area (Å²) in [6.07, 6.45) is -3.44. The largest absolute Gasteiger partial charge is 0.481 e. The van der Waals surface area contributed by atoms with E-state index < -0.39 is 35.6 Å². The smallest absolute Gasteiger partial charge is 0.309 e. The number of aliphatic carboxylic acids is 1. The van der Waals surface area contributed by atoms with Crippen LogP contribution in [0.5, 0.6) is 0 Å². The van der Waals surface area contributed by atoms with Gasteiger partial charge in [-0.15, -0.1) is 0 Å². The molecule has 0 aliphatic rings. The molecule has 1 rings (SSSR count). The molecule has 15 heavy (non-hydrogen) atoms. The van der Waals surface area contributed by atoms with Gasteiger partial charge in [0.05, 0.1) is 6.42 Å². The number of carboxylic acid groups (broad SMARTS) is 1. The summed E-state index contributed by atoms with van der Waals surface area (Å²) in [6.45, 7) is 0. The maximum atomic E-state index is 12.3. The summed E-state index contributed by atoms with van der Waals surface area (Å²) < 4.78 is 24.7. The van der Waals surface area contributed by atoms with Crippen molar-refractivity contribution in [3.8, 4) is 0 Å². The Morgan fingerprint density at radius 1 is 1.60 bits per heavy atom. The first kappa shape index (κ1) is 11.2. The molecule has 0 spiro atoms. The molecular formula is C8H8F2N2O3. The van der Waals surface area contributed by atoms with Crippen molar-refractivity contribution in [2.75, 3.05) is 5.73 Å². The summed E-state index contributed by atoms with van der Waals surface area (Å²) >= 11 is 0. The third kappa shape index (κ3) is 2.52. The molecule has 0 unspecified atom stereocenters. The second-order valence-electron chi connectivity index (χ2n) is 2.86. The van der Waals surface area contributed by atoms with Crippen LogP contribution in [0.1, 0.15) is 17.7 Å². The molecule has 1 aromatic heterocycles. The molecule has 0 aromatic carbocycles. The van der Waals surface area contributed by atoms with E-state index in [0.29, 0.717) is 0 Å². The number of rotatable bonds is 3. The van der Waals surface area contributed by atoms with Crippen LogP contribution in [0.25, 0.3) is 0 Å². The third-order valence-corrected chi connectivity index (χ3v) is 1.74. The fourth-order valence-electron chi connectivity index (χ4n) is 1.08. The van der Waals surface area contributed by atoms with E-state index in [2.05, 4.69) is 4.98 Å². The molecule has 0 fully saturated rings. The highest BCUT2D eigenvalue weighted by molar-refractivity contribution is 5.69. The molecule has 0 saturated heterocycles. The van der Waals surface area contributed by atoms with Gasteiger partial charge in [0, 0.05) is 11.3 Å². The number of H-pyrrole nitrogens is 1. The first-order valence-corrected chi connectivity index (χ1v) is 3.93. The average Bonchev–Trinajstić information content (AvgIpc) is 2.09. The Hall–Kier alpha value is -1.92. The van der Waals surface area contributed by atoms with Gasteiger partial charge in [-0.3, -0.25) is 9.59 Å². The lowest BCUT2D eigenvalue weighted by Crippen LogP contribution is -2.18. The van der Waals surface area contributed by atoms with Gasteiger partial charge in [0.1, 0.15) is 5.69 Å². The lowest BCUT2D eigenvalue weighted by atomic mass is 10.1. The Labute approximate surface area is 82.5 Å². The standard InChI is InChI=1S/C8H8F2N2O3/c9-7(10)4-1-3(2-5(13)14)12-8(15)6(4)11/h1,7H,2,11H2,(H,12,15)(H,13,14). The van der Waals surface area contributed by atoms with Crippen LogP contribution >= 0.6 is 0 Å². The molecule has 0 atom stereocenters. The minimum atomic E-state index is -2.90. The van der Waals surface area contributed by atoms with E-state index in [-0.39, 0.29) is 5.69 Å². The number of alkyl halides is 2. The minimum absolute atomic E-state index is 0.1000. The van der Waals surface area contributed by atoms with Crippen LogP contribution in [0, 0.1) is 0 Å². The van der Waals surface area contributed by atoms with E-state index in [1.165, 1.54) is 0 Å². The molecule has 0 bridgehead atoms. The highest BCUT2D eigenvalue weighted by atomic mass is 19.3. The molecule has 5 nitrogen and oxygen atoms in total. The van der Waals surface area contributed by atoms with Crippen molar-refractivity contribution in [3.63, 3.8) is 0 Å². The van der Waals surface area contributed by atoms with Gasteiger partial charge >= 0.3 is 5.97 Å². The van der Waals surface area contributed by atoms with E-state index in [1.54, 1.807) is 0 Å². The Bertz CT molecular complexity index is 442. The molecule has 0 saturated carbocycles. The second-order valence-corrected chi connectivity index (χ2v) is 2.86. The lowest BCUT2D eigenvalue weighted by molar-refractivity contribution is -0.136. The number of carboxylic acids is 1. The van der Waals surface area contributed by atoms with Gasteiger partial charge in [0.2, 0.25) is 0 Å². The number of nitrogen functional groups attached to an aromatic ring is 1. The summed E-state index contributed by atoms with van der Waals surface area (Å²) in [6, 6.07) is 0.884. The lowest BCUT2D eigenvalue weighted by Gasteiger charge is -2.05. The van der Waals surface area contributed by atoms with Gasteiger partial charge in [0.25, 0.3) is 12.0 Å². The Morgan fingerprint density at radius 2 is 2.20 bits per heavy atom. The van der Waals surface area contributed by atoms with Gasteiger partial charge < -0.3 is 15.8 Å². The number of hydrogen-bond acceptors (Lipinski definition) is 3. The zero-order valence-electron chi connectivity index (χ0n) is 7.46. The number of aromatic amines is 1. The SMILES string of the molecule is Nc1c(C(F)F)cc(CC(=O)O)[nH]c1=O. The topological polar surface area (TPSA) is 96.2 Å². The van der Waals surface area contributed by atoms with Gasteiger partial charge in [-0.2, -0.15) is 0 Å². The normalized spacial score (nSPS) is 10.6. The van der Waals surface area contributed by atoms with Crippen LogP contribution in [0.4, 0.5) is 14.5 Å². The molecule has 7 heteroatoms. The van der Waals surface area contributed by atoms with Gasteiger partial charge in [-0.25, -0.2) is 8.78 Å². The van der Waals surface area contributed by atoms with Gasteiger partial charge in [-0.05, 0) is 6.07 Å². The Morgan fingerprint density at radius 3 is 2.67 bits per heavy atom. The highest BCUT2D eigenvalue weighted by Crippen LogP contribution is 2.22.